The van der Waals surface area contributed by atoms with E-state index in [4.69, 9.17) is 19.8 Å². The maximum Gasteiger partial charge on any atom is 0.335 e. The van der Waals surface area contributed by atoms with Crippen LogP contribution in [0.15, 0.2) is 36.7 Å². The van der Waals surface area contributed by atoms with Gasteiger partial charge < -0.3 is 19.1 Å². The fourth-order valence-electron chi connectivity index (χ4n) is 1.79. The van der Waals surface area contributed by atoms with E-state index in [1.54, 1.807) is 36.2 Å². The number of hydrogen-bond acceptors (Lipinski definition) is 4. The Morgan fingerprint density at radius 1 is 1.29 bits per heavy atom. The van der Waals surface area contributed by atoms with Gasteiger partial charge in [-0.25, -0.2) is 4.79 Å². The van der Waals surface area contributed by atoms with E-state index in [2.05, 4.69) is 6.07 Å². The van der Waals surface area contributed by atoms with E-state index >= 15 is 0 Å². The van der Waals surface area contributed by atoms with Gasteiger partial charge in [-0.1, -0.05) is 0 Å². The van der Waals surface area contributed by atoms with E-state index in [1.165, 1.54) is 12.1 Å². The molecule has 108 valence electrons. The third-order valence-corrected chi connectivity index (χ3v) is 2.87. The molecule has 0 radical (unpaired) electrons. The van der Waals surface area contributed by atoms with Crippen LogP contribution in [0.5, 0.6) is 5.75 Å². The highest BCUT2D eigenvalue weighted by atomic mass is 16.5. The van der Waals surface area contributed by atoms with E-state index in [0.717, 1.165) is 5.69 Å². The van der Waals surface area contributed by atoms with Gasteiger partial charge in [-0.15, -0.1) is 0 Å². The summed E-state index contributed by atoms with van der Waals surface area (Å²) in [6.45, 7) is 0.788. The Hall–Kier alpha value is -2.78. The topological polar surface area (TPSA) is 84.5 Å². The van der Waals surface area contributed by atoms with Crippen molar-refractivity contribution in [3.05, 3.63) is 47.8 Å². The van der Waals surface area contributed by atoms with Crippen LogP contribution in [0.2, 0.25) is 0 Å². The Morgan fingerprint density at radius 3 is 2.57 bits per heavy atom. The molecule has 0 fully saturated rings. The number of nitrogens with zero attached hydrogens (tertiary/aromatic N) is 2. The third-order valence-electron chi connectivity index (χ3n) is 2.87. The Kier molecular flexibility index (Phi) is 4.59. The molecule has 0 saturated heterocycles. The van der Waals surface area contributed by atoms with E-state index in [-0.39, 0.29) is 5.56 Å². The van der Waals surface area contributed by atoms with Gasteiger partial charge in [-0.3, -0.25) is 0 Å². The normalized spacial score (nSPS) is 10.1. The molecule has 0 spiro atoms. The first-order chi connectivity index (χ1) is 10.2. The molecule has 0 amide bonds. The van der Waals surface area contributed by atoms with Gasteiger partial charge in [-0.05, 0) is 24.3 Å². The summed E-state index contributed by atoms with van der Waals surface area (Å²) in [5, 5.41) is 18.0. The molecule has 21 heavy (non-hydrogen) atoms. The first-order valence-electron chi connectivity index (χ1n) is 6.23. The minimum absolute atomic E-state index is 0.211. The molecule has 2 rings (SSSR count). The summed E-state index contributed by atoms with van der Waals surface area (Å²) in [6.07, 6.45) is 3.32. The maximum atomic E-state index is 10.8. The summed E-state index contributed by atoms with van der Waals surface area (Å²) in [6, 6.07) is 8.42. The molecular weight excluding hydrogens is 272 g/mol. The molecule has 0 atom stereocenters. The highest BCUT2D eigenvalue weighted by Crippen LogP contribution is 2.22. The summed E-state index contributed by atoms with van der Waals surface area (Å²) in [5.41, 5.74) is 1.37. The SMILES string of the molecule is COCCOc1cn(-c2ccc(C(=O)O)cc2)cc1C#N. The van der Waals surface area contributed by atoms with Gasteiger partial charge in [0.25, 0.3) is 0 Å². The minimum Gasteiger partial charge on any atom is -0.488 e. The average molecular weight is 286 g/mol. The smallest absolute Gasteiger partial charge is 0.335 e. The highest BCUT2D eigenvalue weighted by Gasteiger charge is 2.09. The largest absolute Gasteiger partial charge is 0.488 e. The molecule has 1 aromatic heterocycles. The quantitative estimate of drug-likeness (QED) is 0.822. The molecule has 0 aliphatic rings. The van der Waals surface area contributed by atoms with Gasteiger partial charge in [-0.2, -0.15) is 5.26 Å². The van der Waals surface area contributed by atoms with Crippen molar-refractivity contribution in [3.8, 4) is 17.5 Å². The van der Waals surface area contributed by atoms with Gasteiger partial charge in [0.15, 0.2) is 5.75 Å². The lowest BCUT2D eigenvalue weighted by Crippen LogP contribution is -2.04. The monoisotopic (exact) mass is 286 g/mol. The van der Waals surface area contributed by atoms with Gasteiger partial charge in [0.1, 0.15) is 18.2 Å². The van der Waals surface area contributed by atoms with Gasteiger partial charge >= 0.3 is 5.97 Å². The molecule has 6 nitrogen and oxygen atoms in total. The van der Waals surface area contributed by atoms with Crippen molar-refractivity contribution in [2.45, 2.75) is 0 Å². The number of methoxy groups -OCH3 is 1. The second-order valence-electron chi connectivity index (χ2n) is 4.25. The number of nitriles is 1. The molecule has 1 aromatic carbocycles. The lowest BCUT2D eigenvalue weighted by atomic mass is 10.2. The molecular formula is C15H14N2O4. The van der Waals surface area contributed by atoms with E-state index in [0.29, 0.717) is 24.5 Å². The molecule has 0 aliphatic carbocycles. The van der Waals surface area contributed by atoms with E-state index in [1.807, 2.05) is 0 Å². The van der Waals surface area contributed by atoms with Crippen LogP contribution in [-0.2, 0) is 4.74 Å². The molecule has 0 saturated carbocycles. The lowest BCUT2D eigenvalue weighted by molar-refractivity contribution is 0.0697. The zero-order chi connectivity index (χ0) is 15.2. The molecule has 6 heteroatoms. The van der Waals surface area contributed by atoms with Crippen LogP contribution in [0.1, 0.15) is 15.9 Å². The number of benzene rings is 1. The second-order valence-corrected chi connectivity index (χ2v) is 4.25. The zero-order valence-corrected chi connectivity index (χ0v) is 11.4. The molecule has 2 aromatic rings. The maximum absolute atomic E-state index is 10.8. The molecule has 0 aliphatic heterocycles. The lowest BCUT2D eigenvalue weighted by Gasteiger charge is -2.04. The van der Waals surface area contributed by atoms with Crippen LogP contribution in [-0.4, -0.2) is 36.0 Å². The number of aromatic nitrogens is 1. The summed E-state index contributed by atoms with van der Waals surface area (Å²) in [7, 11) is 1.57. The molecule has 0 unspecified atom stereocenters. The summed E-state index contributed by atoms with van der Waals surface area (Å²) in [4.78, 5) is 10.8. The Balaban J connectivity index is 2.23. The predicted octanol–water partition coefficient (Wildman–Crippen LogP) is 2.07. The number of hydrogen-bond donors (Lipinski definition) is 1. The predicted molar refractivity (Wildman–Crippen MR) is 74.8 cm³/mol. The van der Waals surface area contributed by atoms with Gasteiger partial charge in [0, 0.05) is 19.0 Å². The van der Waals surface area contributed by atoms with Crippen LogP contribution in [0, 0.1) is 11.3 Å². The standard InChI is InChI=1S/C15H14N2O4/c1-20-6-7-21-14-10-17(9-12(14)8-16)13-4-2-11(3-5-13)15(18)19/h2-5,9-10H,6-7H2,1H3,(H,18,19). The summed E-state index contributed by atoms with van der Waals surface area (Å²) in [5.74, 6) is -0.507. The van der Waals surface area contributed by atoms with Crippen LogP contribution < -0.4 is 4.74 Å². The van der Waals surface area contributed by atoms with Crippen molar-refractivity contribution < 1.29 is 19.4 Å². The van der Waals surface area contributed by atoms with Crippen molar-refractivity contribution in [2.75, 3.05) is 20.3 Å². The number of rotatable bonds is 6. The number of ether oxygens (including phenoxy) is 2. The van der Waals surface area contributed by atoms with Crippen LogP contribution >= 0.6 is 0 Å². The van der Waals surface area contributed by atoms with Gasteiger partial charge in [0.05, 0.1) is 18.4 Å². The second kappa shape index (κ2) is 6.59. The molecule has 1 heterocycles. The Morgan fingerprint density at radius 2 is 2.00 bits per heavy atom. The van der Waals surface area contributed by atoms with Crippen molar-refractivity contribution in [1.82, 2.24) is 4.57 Å². The number of carboxylic acids is 1. The average Bonchev–Trinajstić information content (AvgIpc) is 2.91. The number of carboxylic acid groups (broad SMARTS) is 1. The van der Waals surface area contributed by atoms with Crippen molar-refractivity contribution in [1.29, 1.82) is 5.26 Å². The first kappa shape index (κ1) is 14.6. The van der Waals surface area contributed by atoms with Gasteiger partial charge in [0.2, 0.25) is 0 Å². The number of aromatic carboxylic acids is 1. The minimum atomic E-state index is -0.977. The van der Waals surface area contributed by atoms with E-state index in [9.17, 15) is 4.79 Å². The van der Waals surface area contributed by atoms with Crippen molar-refractivity contribution >= 4 is 5.97 Å². The Bertz CT molecular complexity index is 668. The van der Waals surface area contributed by atoms with Crippen LogP contribution in [0.25, 0.3) is 5.69 Å². The molecule has 0 bridgehead atoms. The summed E-state index contributed by atoms with van der Waals surface area (Å²) < 4.78 is 12.1. The zero-order valence-electron chi connectivity index (χ0n) is 11.4. The highest BCUT2D eigenvalue weighted by molar-refractivity contribution is 5.87. The molecule has 1 N–H and O–H groups in total. The first-order valence-corrected chi connectivity index (χ1v) is 6.23. The summed E-state index contributed by atoms with van der Waals surface area (Å²) >= 11 is 0. The fraction of sp³-hybridized carbons (Fsp3) is 0.200. The van der Waals surface area contributed by atoms with Crippen LogP contribution in [0.3, 0.4) is 0 Å². The van der Waals surface area contributed by atoms with E-state index < -0.39 is 5.97 Å². The van der Waals surface area contributed by atoms with Crippen LogP contribution in [0.4, 0.5) is 0 Å². The Labute approximate surface area is 121 Å². The fourth-order valence-corrected chi connectivity index (χ4v) is 1.79. The third kappa shape index (κ3) is 3.41. The number of carbonyl (C=O) groups is 1. The van der Waals surface area contributed by atoms with Crippen molar-refractivity contribution in [3.63, 3.8) is 0 Å². The van der Waals surface area contributed by atoms with Crippen molar-refractivity contribution in [2.24, 2.45) is 0 Å².